The second kappa shape index (κ2) is 11.1. The molecule has 8 heteroatoms. The maximum absolute atomic E-state index is 12.7. The van der Waals surface area contributed by atoms with Crippen molar-refractivity contribution < 1.29 is 14.3 Å². The quantitative estimate of drug-likeness (QED) is 0.302. The summed E-state index contributed by atoms with van der Waals surface area (Å²) in [6, 6.07) is 23.2. The Morgan fingerprint density at radius 2 is 1.71 bits per heavy atom. The van der Waals surface area contributed by atoms with Gasteiger partial charge >= 0.3 is 0 Å². The summed E-state index contributed by atoms with van der Waals surface area (Å²) in [7, 11) is 1.63. The number of para-hydroxylation sites is 1. The predicted molar refractivity (Wildman–Crippen MR) is 139 cm³/mol. The molecule has 0 spiro atoms. The average molecular weight is 489 g/mol. The fourth-order valence-corrected chi connectivity index (χ4v) is 4.40. The second-order valence-corrected chi connectivity index (χ2v) is 9.05. The molecule has 0 aliphatic heterocycles. The number of nitrogens with zero attached hydrogens (tertiary/aromatic N) is 3. The molecular formula is C27H28N4O3S. The number of carbonyl (C=O) groups excluding carboxylic acids is 1. The minimum Gasteiger partial charge on any atom is -0.497 e. The van der Waals surface area contributed by atoms with Gasteiger partial charge in [-0.05, 0) is 68.8 Å². The Balaban J connectivity index is 1.52. The Morgan fingerprint density at radius 1 is 1.00 bits per heavy atom. The first-order valence-electron chi connectivity index (χ1n) is 11.3. The molecule has 4 aromatic rings. The number of methoxy groups -OCH3 is 1. The maximum atomic E-state index is 12.7. The van der Waals surface area contributed by atoms with Crippen LogP contribution >= 0.6 is 11.8 Å². The fraction of sp³-hybridized carbons (Fsp3) is 0.222. The zero-order chi connectivity index (χ0) is 24.8. The fourth-order valence-electron chi connectivity index (χ4n) is 3.64. The van der Waals surface area contributed by atoms with Crippen LogP contribution < -0.4 is 14.8 Å². The van der Waals surface area contributed by atoms with E-state index in [2.05, 4.69) is 15.5 Å². The summed E-state index contributed by atoms with van der Waals surface area (Å²) in [4.78, 5) is 12.7. The lowest BCUT2D eigenvalue weighted by molar-refractivity contribution is -0.113. The summed E-state index contributed by atoms with van der Waals surface area (Å²) in [5.74, 6) is 2.20. The van der Waals surface area contributed by atoms with Crippen molar-refractivity contribution in [3.8, 4) is 17.2 Å². The van der Waals surface area contributed by atoms with Crippen LogP contribution in [0.5, 0.6) is 11.5 Å². The molecule has 1 atom stereocenters. The molecule has 35 heavy (non-hydrogen) atoms. The number of hydrogen-bond acceptors (Lipinski definition) is 6. The summed E-state index contributed by atoms with van der Waals surface area (Å²) in [5.41, 5.74) is 3.90. The van der Waals surface area contributed by atoms with Crippen LogP contribution in [-0.2, 0) is 4.79 Å². The molecule has 0 saturated carbocycles. The minimum atomic E-state index is -0.380. The molecule has 0 bridgehead atoms. The van der Waals surface area contributed by atoms with Crippen molar-refractivity contribution in [1.29, 1.82) is 0 Å². The van der Waals surface area contributed by atoms with Gasteiger partial charge in [-0.15, -0.1) is 10.2 Å². The molecule has 0 fully saturated rings. The number of benzene rings is 3. The largest absolute Gasteiger partial charge is 0.497 e. The molecule has 0 aliphatic carbocycles. The van der Waals surface area contributed by atoms with Crippen LogP contribution in [0, 0.1) is 13.8 Å². The molecule has 0 saturated heterocycles. The second-order valence-electron chi connectivity index (χ2n) is 8.10. The van der Waals surface area contributed by atoms with Crippen LogP contribution in [0.1, 0.15) is 30.0 Å². The zero-order valence-corrected chi connectivity index (χ0v) is 21.0. The predicted octanol–water partition coefficient (Wildman–Crippen LogP) is 5.76. The number of thioether (sulfide) groups is 1. The highest BCUT2D eigenvalue weighted by Gasteiger charge is 2.22. The molecule has 4 rings (SSSR count). The van der Waals surface area contributed by atoms with Gasteiger partial charge in [0.25, 0.3) is 0 Å². The van der Waals surface area contributed by atoms with Crippen LogP contribution in [0.3, 0.4) is 0 Å². The van der Waals surface area contributed by atoms with Gasteiger partial charge in [0.2, 0.25) is 5.91 Å². The maximum Gasteiger partial charge on any atom is 0.234 e. The summed E-state index contributed by atoms with van der Waals surface area (Å²) < 4.78 is 13.3. The Kier molecular flexibility index (Phi) is 7.72. The van der Waals surface area contributed by atoms with Crippen molar-refractivity contribution in [3.63, 3.8) is 0 Å². The van der Waals surface area contributed by atoms with E-state index in [1.54, 1.807) is 7.11 Å². The lowest BCUT2D eigenvalue weighted by atomic mass is 10.1. The van der Waals surface area contributed by atoms with E-state index in [1.165, 1.54) is 11.8 Å². The first-order valence-corrected chi connectivity index (χ1v) is 12.2. The smallest absolute Gasteiger partial charge is 0.234 e. The third-order valence-corrected chi connectivity index (χ3v) is 6.33. The lowest BCUT2D eigenvalue weighted by Crippen LogP contribution is -2.16. The minimum absolute atomic E-state index is 0.103. The number of rotatable bonds is 9. The number of hydrogen-bond donors (Lipinski definition) is 1. The molecule has 1 amide bonds. The summed E-state index contributed by atoms with van der Waals surface area (Å²) in [6.45, 7) is 5.94. The topological polar surface area (TPSA) is 78.3 Å². The standard InChI is InChI=1S/C27H28N4O3S/c1-18-10-15-24(19(2)16-18)28-25(32)17-35-27-30-29-26(31(27)21-8-6-5-7-9-21)20(3)34-23-13-11-22(33-4)12-14-23/h5-16,20H,17H2,1-4H3,(H,28,32). The number of amides is 1. The van der Waals surface area contributed by atoms with Gasteiger partial charge in [0.05, 0.1) is 12.9 Å². The highest BCUT2D eigenvalue weighted by atomic mass is 32.2. The van der Waals surface area contributed by atoms with Crippen LogP contribution in [0.2, 0.25) is 0 Å². The van der Waals surface area contributed by atoms with Crippen LogP contribution in [-0.4, -0.2) is 33.5 Å². The molecule has 1 unspecified atom stereocenters. The zero-order valence-electron chi connectivity index (χ0n) is 20.2. The number of carbonyl (C=O) groups is 1. The van der Waals surface area contributed by atoms with Gasteiger partial charge in [0.15, 0.2) is 17.1 Å². The number of aryl methyl sites for hydroxylation is 2. The Hall–Kier alpha value is -3.78. The van der Waals surface area contributed by atoms with E-state index in [0.717, 1.165) is 28.3 Å². The lowest BCUT2D eigenvalue weighted by Gasteiger charge is -2.17. The first kappa shape index (κ1) is 24.3. The van der Waals surface area contributed by atoms with Gasteiger partial charge < -0.3 is 14.8 Å². The van der Waals surface area contributed by atoms with Gasteiger partial charge in [-0.1, -0.05) is 47.7 Å². The molecule has 1 heterocycles. The molecule has 1 aromatic heterocycles. The van der Waals surface area contributed by atoms with E-state index >= 15 is 0 Å². The molecule has 3 aromatic carbocycles. The van der Waals surface area contributed by atoms with Crippen LogP contribution in [0.4, 0.5) is 5.69 Å². The van der Waals surface area contributed by atoms with Crippen molar-refractivity contribution >= 4 is 23.4 Å². The first-order chi connectivity index (χ1) is 16.9. The molecule has 7 nitrogen and oxygen atoms in total. The van der Waals surface area contributed by atoms with Gasteiger partial charge in [0.1, 0.15) is 11.5 Å². The molecular weight excluding hydrogens is 460 g/mol. The third-order valence-electron chi connectivity index (χ3n) is 5.40. The van der Waals surface area contributed by atoms with E-state index in [1.807, 2.05) is 98.1 Å². The number of anilines is 1. The van der Waals surface area contributed by atoms with Crippen molar-refractivity contribution in [2.24, 2.45) is 0 Å². The van der Waals surface area contributed by atoms with Crippen molar-refractivity contribution in [2.45, 2.75) is 32.0 Å². The van der Waals surface area contributed by atoms with E-state index in [-0.39, 0.29) is 17.8 Å². The number of ether oxygens (including phenoxy) is 2. The SMILES string of the molecule is COc1ccc(OC(C)c2nnc(SCC(=O)Nc3ccc(C)cc3C)n2-c2ccccc2)cc1. The van der Waals surface area contributed by atoms with Gasteiger partial charge in [-0.2, -0.15) is 0 Å². The van der Waals surface area contributed by atoms with Gasteiger partial charge in [0, 0.05) is 11.4 Å². The molecule has 0 radical (unpaired) electrons. The number of nitrogens with one attached hydrogen (secondary N) is 1. The van der Waals surface area contributed by atoms with Crippen molar-refractivity contribution in [3.05, 3.63) is 89.7 Å². The van der Waals surface area contributed by atoms with E-state index in [0.29, 0.717) is 16.7 Å². The molecule has 180 valence electrons. The number of aromatic nitrogens is 3. The highest BCUT2D eigenvalue weighted by molar-refractivity contribution is 7.99. The summed E-state index contributed by atoms with van der Waals surface area (Å²) in [5, 5.41) is 12.4. The van der Waals surface area contributed by atoms with E-state index < -0.39 is 0 Å². The Labute approximate surface area is 209 Å². The Bertz CT molecular complexity index is 1290. The van der Waals surface area contributed by atoms with E-state index in [9.17, 15) is 4.79 Å². The van der Waals surface area contributed by atoms with Crippen LogP contribution in [0.15, 0.2) is 78.0 Å². The third kappa shape index (κ3) is 6.02. The van der Waals surface area contributed by atoms with Gasteiger partial charge in [-0.25, -0.2) is 0 Å². The summed E-state index contributed by atoms with van der Waals surface area (Å²) in [6.07, 6.45) is -0.380. The highest BCUT2D eigenvalue weighted by Crippen LogP contribution is 2.29. The molecule has 1 N–H and O–H groups in total. The average Bonchev–Trinajstić information content (AvgIpc) is 3.30. The van der Waals surface area contributed by atoms with Crippen LogP contribution in [0.25, 0.3) is 5.69 Å². The monoisotopic (exact) mass is 488 g/mol. The molecule has 0 aliphatic rings. The normalized spacial score (nSPS) is 11.7. The Morgan fingerprint density at radius 3 is 2.40 bits per heavy atom. The van der Waals surface area contributed by atoms with Crippen molar-refractivity contribution in [1.82, 2.24) is 14.8 Å². The van der Waals surface area contributed by atoms with Crippen molar-refractivity contribution in [2.75, 3.05) is 18.2 Å². The summed E-state index contributed by atoms with van der Waals surface area (Å²) >= 11 is 1.33. The van der Waals surface area contributed by atoms with Gasteiger partial charge in [-0.3, -0.25) is 9.36 Å². The van der Waals surface area contributed by atoms with E-state index in [4.69, 9.17) is 9.47 Å².